The third-order valence-corrected chi connectivity index (χ3v) is 3.41. The van der Waals surface area contributed by atoms with E-state index in [4.69, 9.17) is 11.6 Å². The minimum absolute atomic E-state index is 0.521. The van der Waals surface area contributed by atoms with Crippen molar-refractivity contribution in [1.82, 2.24) is 15.0 Å². The van der Waals surface area contributed by atoms with E-state index in [1.807, 2.05) is 26.1 Å². The zero-order valence-corrected chi connectivity index (χ0v) is 12.8. The van der Waals surface area contributed by atoms with Gasteiger partial charge < -0.3 is 5.32 Å². The van der Waals surface area contributed by atoms with Crippen LogP contribution in [0.5, 0.6) is 0 Å². The first-order chi connectivity index (χ1) is 9.60. The Morgan fingerprint density at radius 1 is 1.20 bits per heavy atom. The molecule has 20 heavy (non-hydrogen) atoms. The Morgan fingerprint density at radius 2 is 2.00 bits per heavy atom. The molecule has 0 atom stereocenters. The summed E-state index contributed by atoms with van der Waals surface area (Å²) in [5.74, 6) is 1.58. The molecule has 0 spiro atoms. The van der Waals surface area contributed by atoms with Crippen LogP contribution in [0.1, 0.15) is 36.0 Å². The summed E-state index contributed by atoms with van der Waals surface area (Å²) in [6, 6.07) is 4.06. The van der Waals surface area contributed by atoms with Crippen LogP contribution in [0.15, 0.2) is 18.3 Å². The summed E-state index contributed by atoms with van der Waals surface area (Å²) in [5.41, 5.74) is 3.01. The van der Waals surface area contributed by atoms with E-state index in [1.54, 1.807) is 0 Å². The molecule has 5 heteroatoms. The van der Waals surface area contributed by atoms with Gasteiger partial charge in [-0.05, 0) is 31.9 Å². The molecule has 0 aliphatic carbocycles. The van der Waals surface area contributed by atoms with Crippen molar-refractivity contribution in [3.63, 3.8) is 0 Å². The van der Waals surface area contributed by atoms with Crippen LogP contribution in [-0.4, -0.2) is 15.0 Å². The normalized spacial score (nSPS) is 10.6. The molecule has 4 nitrogen and oxygen atoms in total. The Balaban J connectivity index is 2.13. The Kier molecular flexibility index (Phi) is 4.90. The van der Waals surface area contributed by atoms with Gasteiger partial charge in [-0.1, -0.05) is 24.6 Å². The largest absolute Gasteiger partial charge is 0.366 e. The lowest BCUT2D eigenvalue weighted by atomic mass is 10.2. The van der Waals surface area contributed by atoms with Crippen LogP contribution in [0.25, 0.3) is 0 Å². The van der Waals surface area contributed by atoms with Crippen LogP contribution >= 0.6 is 11.6 Å². The van der Waals surface area contributed by atoms with Crippen molar-refractivity contribution in [3.8, 4) is 0 Å². The van der Waals surface area contributed by atoms with Gasteiger partial charge in [-0.15, -0.1) is 0 Å². The first-order valence-corrected chi connectivity index (χ1v) is 7.16. The van der Waals surface area contributed by atoms with Gasteiger partial charge in [0.05, 0.1) is 0 Å². The molecule has 0 saturated heterocycles. The lowest BCUT2D eigenvalue weighted by Gasteiger charge is -2.11. The number of rotatable bonds is 5. The quantitative estimate of drug-likeness (QED) is 0.853. The van der Waals surface area contributed by atoms with Crippen LogP contribution < -0.4 is 5.32 Å². The second kappa shape index (κ2) is 6.66. The van der Waals surface area contributed by atoms with Gasteiger partial charge in [-0.25, -0.2) is 9.97 Å². The van der Waals surface area contributed by atoms with Crippen LogP contribution in [0, 0.1) is 13.8 Å². The van der Waals surface area contributed by atoms with E-state index in [2.05, 4.69) is 33.3 Å². The summed E-state index contributed by atoms with van der Waals surface area (Å²) in [4.78, 5) is 13.1. The molecule has 2 heterocycles. The maximum Gasteiger partial charge on any atom is 0.137 e. The van der Waals surface area contributed by atoms with E-state index >= 15 is 0 Å². The summed E-state index contributed by atoms with van der Waals surface area (Å²) in [6.45, 7) is 6.67. The maximum atomic E-state index is 6.15. The molecule has 0 bridgehead atoms. The zero-order valence-electron chi connectivity index (χ0n) is 12.1. The molecule has 0 aliphatic heterocycles. The molecule has 2 aromatic heterocycles. The second-order valence-electron chi connectivity index (χ2n) is 4.82. The second-order valence-corrected chi connectivity index (χ2v) is 5.17. The Labute approximate surface area is 124 Å². The van der Waals surface area contributed by atoms with E-state index in [-0.39, 0.29) is 0 Å². The molecular weight excluding hydrogens is 272 g/mol. The van der Waals surface area contributed by atoms with Gasteiger partial charge in [0.15, 0.2) is 0 Å². The van der Waals surface area contributed by atoms with Crippen LogP contribution in [-0.2, 0) is 13.0 Å². The van der Waals surface area contributed by atoms with Gasteiger partial charge in [-0.3, -0.25) is 4.98 Å². The molecule has 0 radical (unpaired) electrons. The summed E-state index contributed by atoms with van der Waals surface area (Å²) in [7, 11) is 0. The molecule has 0 amide bonds. The van der Waals surface area contributed by atoms with Crippen molar-refractivity contribution < 1.29 is 0 Å². The molecule has 0 unspecified atom stereocenters. The standard InChI is InChI=1S/C15H19ClN4/c1-4-5-13-19-14(16)11(3)15(20-13)18-9-12-7-6-10(2)17-8-12/h6-8H,4-5,9H2,1-3H3,(H,18,19,20). The topological polar surface area (TPSA) is 50.7 Å². The average molecular weight is 291 g/mol. The SMILES string of the molecule is CCCc1nc(Cl)c(C)c(NCc2ccc(C)nc2)n1. The Hall–Kier alpha value is -1.68. The summed E-state index contributed by atoms with van der Waals surface area (Å²) >= 11 is 6.15. The maximum absolute atomic E-state index is 6.15. The van der Waals surface area contributed by atoms with E-state index in [9.17, 15) is 0 Å². The number of hydrogen-bond donors (Lipinski definition) is 1. The van der Waals surface area contributed by atoms with Gasteiger partial charge in [-0.2, -0.15) is 0 Å². The fourth-order valence-electron chi connectivity index (χ4n) is 1.83. The summed E-state index contributed by atoms with van der Waals surface area (Å²) in [5, 5.41) is 3.83. The minimum atomic E-state index is 0.521. The lowest BCUT2D eigenvalue weighted by Crippen LogP contribution is -2.07. The molecule has 0 aromatic carbocycles. The molecule has 2 rings (SSSR count). The smallest absolute Gasteiger partial charge is 0.137 e. The van der Waals surface area contributed by atoms with Gasteiger partial charge in [0.1, 0.15) is 16.8 Å². The fraction of sp³-hybridized carbons (Fsp3) is 0.400. The third-order valence-electron chi connectivity index (χ3n) is 3.04. The molecule has 106 valence electrons. The predicted octanol–water partition coefficient (Wildman–Crippen LogP) is 3.71. The van der Waals surface area contributed by atoms with Gasteiger partial charge in [0, 0.05) is 30.4 Å². The number of nitrogens with one attached hydrogen (secondary N) is 1. The Morgan fingerprint density at radius 3 is 2.65 bits per heavy atom. The fourth-order valence-corrected chi connectivity index (χ4v) is 2.02. The highest BCUT2D eigenvalue weighted by atomic mass is 35.5. The van der Waals surface area contributed by atoms with Gasteiger partial charge in [0.25, 0.3) is 0 Å². The van der Waals surface area contributed by atoms with Crippen molar-refractivity contribution in [2.24, 2.45) is 0 Å². The summed E-state index contributed by atoms with van der Waals surface area (Å²) in [6.07, 6.45) is 3.70. The molecule has 1 N–H and O–H groups in total. The van der Waals surface area contributed by atoms with Crippen molar-refractivity contribution in [3.05, 3.63) is 46.1 Å². The highest BCUT2D eigenvalue weighted by Crippen LogP contribution is 2.20. The zero-order chi connectivity index (χ0) is 14.5. The monoisotopic (exact) mass is 290 g/mol. The van der Waals surface area contributed by atoms with E-state index in [0.29, 0.717) is 11.7 Å². The number of nitrogens with zero attached hydrogens (tertiary/aromatic N) is 3. The first kappa shape index (κ1) is 14.7. The van der Waals surface area contributed by atoms with Crippen molar-refractivity contribution >= 4 is 17.4 Å². The van der Waals surface area contributed by atoms with Gasteiger partial charge >= 0.3 is 0 Å². The van der Waals surface area contributed by atoms with Crippen LogP contribution in [0.4, 0.5) is 5.82 Å². The van der Waals surface area contributed by atoms with Crippen molar-refractivity contribution in [2.75, 3.05) is 5.32 Å². The van der Waals surface area contributed by atoms with Gasteiger partial charge in [0.2, 0.25) is 0 Å². The molecule has 2 aromatic rings. The van der Waals surface area contributed by atoms with Crippen molar-refractivity contribution in [1.29, 1.82) is 0 Å². The number of halogens is 1. The van der Waals surface area contributed by atoms with Crippen LogP contribution in [0.3, 0.4) is 0 Å². The third kappa shape index (κ3) is 3.67. The minimum Gasteiger partial charge on any atom is -0.366 e. The highest BCUT2D eigenvalue weighted by Gasteiger charge is 2.08. The number of aryl methyl sites for hydroxylation is 2. The van der Waals surface area contributed by atoms with Crippen LogP contribution in [0.2, 0.25) is 5.15 Å². The predicted molar refractivity (Wildman–Crippen MR) is 82.1 cm³/mol. The Bertz CT molecular complexity index is 581. The molecule has 0 aliphatic rings. The van der Waals surface area contributed by atoms with Crippen molar-refractivity contribution in [2.45, 2.75) is 40.2 Å². The number of anilines is 1. The average Bonchev–Trinajstić information content (AvgIpc) is 2.43. The van der Waals surface area contributed by atoms with E-state index in [0.717, 1.165) is 41.3 Å². The number of pyridine rings is 1. The lowest BCUT2D eigenvalue weighted by molar-refractivity contribution is 0.830. The highest BCUT2D eigenvalue weighted by molar-refractivity contribution is 6.30. The molecule has 0 fully saturated rings. The van der Waals surface area contributed by atoms with E-state index in [1.165, 1.54) is 0 Å². The number of hydrogen-bond acceptors (Lipinski definition) is 4. The summed E-state index contributed by atoms with van der Waals surface area (Å²) < 4.78 is 0. The number of aromatic nitrogens is 3. The van der Waals surface area contributed by atoms with E-state index < -0.39 is 0 Å². The molecule has 0 saturated carbocycles. The molecular formula is C15H19ClN4. The first-order valence-electron chi connectivity index (χ1n) is 6.78.